The molecule has 30 heavy (non-hydrogen) atoms. The maximum Gasteiger partial charge on any atom is 0.242 e. The SMILES string of the molecule is CC[C@@H](C(=O)NC)N(Cc1ccccc1C)C(=O)CCCOc1ccc(OC)cc1. The molecule has 0 aliphatic carbocycles. The number of likely N-dealkylation sites (N-methyl/N-ethyl adjacent to an activating group) is 1. The highest BCUT2D eigenvalue weighted by Crippen LogP contribution is 2.19. The zero-order chi connectivity index (χ0) is 21.9. The topological polar surface area (TPSA) is 67.9 Å². The molecule has 0 bridgehead atoms. The predicted molar refractivity (Wildman–Crippen MR) is 118 cm³/mol. The second-order valence-corrected chi connectivity index (χ2v) is 7.11. The molecule has 0 aliphatic heterocycles. The molecule has 0 unspecified atom stereocenters. The minimum Gasteiger partial charge on any atom is -0.497 e. The van der Waals surface area contributed by atoms with Crippen LogP contribution in [0.25, 0.3) is 0 Å². The highest BCUT2D eigenvalue weighted by atomic mass is 16.5. The van der Waals surface area contributed by atoms with Gasteiger partial charge in [0.15, 0.2) is 0 Å². The van der Waals surface area contributed by atoms with E-state index in [4.69, 9.17) is 9.47 Å². The summed E-state index contributed by atoms with van der Waals surface area (Å²) in [5.41, 5.74) is 2.15. The molecule has 162 valence electrons. The average Bonchev–Trinajstić information content (AvgIpc) is 2.77. The Labute approximate surface area is 179 Å². The van der Waals surface area contributed by atoms with Gasteiger partial charge in [0.05, 0.1) is 13.7 Å². The van der Waals surface area contributed by atoms with E-state index in [9.17, 15) is 9.59 Å². The lowest BCUT2D eigenvalue weighted by Crippen LogP contribution is -2.48. The maximum atomic E-state index is 13.0. The van der Waals surface area contributed by atoms with Crippen LogP contribution in [-0.2, 0) is 16.1 Å². The summed E-state index contributed by atoms with van der Waals surface area (Å²) in [7, 11) is 3.22. The molecule has 0 saturated carbocycles. The Morgan fingerprint density at radius 2 is 1.73 bits per heavy atom. The first-order valence-corrected chi connectivity index (χ1v) is 10.3. The van der Waals surface area contributed by atoms with Gasteiger partial charge in [-0.3, -0.25) is 9.59 Å². The van der Waals surface area contributed by atoms with E-state index in [1.54, 1.807) is 19.1 Å². The van der Waals surface area contributed by atoms with Crippen LogP contribution in [0.2, 0.25) is 0 Å². The van der Waals surface area contributed by atoms with E-state index in [-0.39, 0.29) is 11.8 Å². The summed E-state index contributed by atoms with van der Waals surface area (Å²) < 4.78 is 10.9. The Morgan fingerprint density at radius 3 is 2.33 bits per heavy atom. The van der Waals surface area contributed by atoms with Crippen molar-refractivity contribution < 1.29 is 19.1 Å². The number of carbonyl (C=O) groups excluding carboxylic acids is 2. The quantitative estimate of drug-likeness (QED) is 0.571. The Hall–Kier alpha value is -3.02. The molecule has 0 radical (unpaired) electrons. The Balaban J connectivity index is 2.00. The number of benzene rings is 2. The zero-order valence-electron chi connectivity index (χ0n) is 18.3. The minimum atomic E-state index is -0.496. The van der Waals surface area contributed by atoms with Crippen molar-refractivity contribution in [2.75, 3.05) is 20.8 Å². The van der Waals surface area contributed by atoms with Gasteiger partial charge in [-0.1, -0.05) is 31.2 Å². The lowest BCUT2D eigenvalue weighted by Gasteiger charge is -2.30. The average molecular weight is 413 g/mol. The number of nitrogens with one attached hydrogen (secondary N) is 1. The van der Waals surface area contributed by atoms with Gasteiger partial charge in [-0.05, 0) is 55.2 Å². The number of hydrogen-bond donors (Lipinski definition) is 1. The summed E-state index contributed by atoms with van der Waals surface area (Å²) in [6, 6.07) is 14.8. The number of rotatable bonds is 11. The Morgan fingerprint density at radius 1 is 1.07 bits per heavy atom. The second kappa shape index (κ2) is 11.9. The zero-order valence-corrected chi connectivity index (χ0v) is 18.3. The number of nitrogens with zero attached hydrogens (tertiary/aromatic N) is 1. The highest BCUT2D eigenvalue weighted by molar-refractivity contribution is 5.87. The van der Waals surface area contributed by atoms with Gasteiger partial charge >= 0.3 is 0 Å². The molecule has 2 aromatic carbocycles. The number of aryl methyl sites for hydroxylation is 1. The number of carbonyl (C=O) groups is 2. The number of amides is 2. The van der Waals surface area contributed by atoms with Gasteiger partial charge in [-0.25, -0.2) is 0 Å². The van der Waals surface area contributed by atoms with Crippen molar-refractivity contribution in [2.45, 2.75) is 45.7 Å². The van der Waals surface area contributed by atoms with Crippen LogP contribution < -0.4 is 14.8 Å². The molecule has 0 saturated heterocycles. The van der Waals surface area contributed by atoms with Gasteiger partial charge in [0.2, 0.25) is 11.8 Å². The van der Waals surface area contributed by atoms with Crippen molar-refractivity contribution in [3.63, 3.8) is 0 Å². The van der Waals surface area contributed by atoms with Gasteiger partial charge in [0, 0.05) is 20.0 Å². The van der Waals surface area contributed by atoms with Gasteiger partial charge in [0.25, 0.3) is 0 Å². The number of methoxy groups -OCH3 is 1. The van der Waals surface area contributed by atoms with Gasteiger partial charge in [-0.2, -0.15) is 0 Å². The van der Waals surface area contributed by atoms with Crippen LogP contribution in [0.1, 0.15) is 37.3 Å². The van der Waals surface area contributed by atoms with E-state index < -0.39 is 6.04 Å². The number of ether oxygens (including phenoxy) is 2. The molecular weight excluding hydrogens is 380 g/mol. The minimum absolute atomic E-state index is 0.0490. The van der Waals surface area contributed by atoms with Crippen LogP contribution in [-0.4, -0.2) is 43.5 Å². The van der Waals surface area contributed by atoms with Crippen LogP contribution in [0.5, 0.6) is 11.5 Å². The predicted octanol–water partition coefficient (Wildman–Crippen LogP) is 3.72. The van der Waals surface area contributed by atoms with Crippen LogP contribution in [0.15, 0.2) is 48.5 Å². The molecular formula is C24H32N2O4. The molecule has 0 heterocycles. The third-order valence-electron chi connectivity index (χ3n) is 5.10. The molecule has 6 nitrogen and oxygen atoms in total. The monoisotopic (exact) mass is 412 g/mol. The standard InChI is InChI=1S/C24H32N2O4/c1-5-22(24(28)25-3)26(17-19-10-7-6-9-18(19)2)23(27)11-8-16-30-21-14-12-20(29-4)13-15-21/h6-7,9-10,12-15,22H,5,8,11,16-17H2,1-4H3,(H,25,28)/t22-/m0/s1. The first kappa shape index (κ1) is 23.3. The first-order chi connectivity index (χ1) is 14.5. The Kier molecular flexibility index (Phi) is 9.19. The fraction of sp³-hybridized carbons (Fsp3) is 0.417. The summed E-state index contributed by atoms with van der Waals surface area (Å²) in [5, 5.41) is 2.68. The second-order valence-electron chi connectivity index (χ2n) is 7.11. The van der Waals surface area contributed by atoms with Crippen LogP contribution in [0.3, 0.4) is 0 Å². The van der Waals surface area contributed by atoms with Gasteiger partial charge in [-0.15, -0.1) is 0 Å². The smallest absolute Gasteiger partial charge is 0.242 e. The van der Waals surface area contributed by atoms with Gasteiger partial charge in [0.1, 0.15) is 17.5 Å². The third kappa shape index (κ3) is 6.51. The molecule has 1 atom stereocenters. The van der Waals surface area contributed by atoms with E-state index in [1.807, 2.05) is 62.4 Å². The molecule has 1 N–H and O–H groups in total. The van der Waals surface area contributed by atoms with Crippen LogP contribution >= 0.6 is 0 Å². The normalized spacial score (nSPS) is 11.5. The highest BCUT2D eigenvalue weighted by Gasteiger charge is 2.27. The van der Waals surface area contributed by atoms with Crippen molar-refractivity contribution in [2.24, 2.45) is 0 Å². The summed E-state index contributed by atoms with van der Waals surface area (Å²) >= 11 is 0. The number of hydrogen-bond acceptors (Lipinski definition) is 4. The molecule has 2 amide bonds. The van der Waals surface area contributed by atoms with Crippen molar-refractivity contribution >= 4 is 11.8 Å². The van der Waals surface area contributed by atoms with E-state index in [2.05, 4.69) is 5.32 Å². The molecule has 2 aromatic rings. The molecule has 0 fully saturated rings. The van der Waals surface area contributed by atoms with Crippen molar-refractivity contribution in [1.82, 2.24) is 10.2 Å². The summed E-state index contributed by atoms with van der Waals surface area (Å²) in [6.45, 7) is 4.77. The van der Waals surface area contributed by atoms with E-state index >= 15 is 0 Å². The third-order valence-corrected chi connectivity index (χ3v) is 5.10. The fourth-order valence-electron chi connectivity index (χ4n) is 3.29. The maximum absolute atomic E-state index is 13.0. The van der Waals surface area contributed by atoms with E-state index in [0.717, 1.165) is 22.6 Å². The van der Waals surface area contributed by atoms with Crippen molar-refractivity contribution in [3.8, 4) is 11.5 Å². The lowest BCUT2D eigenvalue weighted by atomic mass is 10.1. The van der Waals surface area contributed by atoms with E-state index in [1.165, 1.54) is 0 Å². The molecule has 6 heteroatoms. The fourth-order valence-corrected chi connectivity index (χ4v) is 3.29. The van der Waals surface area contributed by atoms with Crippen molar-refractivity contribution in [3.05, 3.63) is 59.7 Å². The molecule has 2 rings (SSSR count). The summed E-state index contributed by atoms with van der Waals surface area (Å²) in [6.07, 6.45) is 1.44. The first-order valence-electron chi connectivity index (χ1n) is 10.3. The van der Waals surface area contributed by atoms with Crippen molar-refractivity contribution in [1.29, 1.82) is 0 Å². The Bertz CT molecular complexity index is 820. The largest absolute Gasteiger partial charge is 0.497 e. The summed E-state index contributed by atoms with van der Waals surface area (Å²) in [5.74, 6) is 1.31. The van der Waals surface area contributed by atoms with E-state index in [0.29, 0.717) is 32.4 Å². The van der Waals surface area contributed by atoms with Crippen LogP contribution in [0, 0.1) is 6.92 Å². The van der Waals surface area contributed by atoms with Gasteiger partial charge < -0.3 is 19.7 Å². The summed E-state index contributed by atoms with van der Waals surface area (Å²) in [4.78, 5) is 27.1. The lowest BCUT2D eigenvalue weighted by molar-refractivity contribution is -0.141. The molecule has 0 spiro atoms. The molecule has 0 aliphatic rings. The van der Waals surface area contributed by atoms with Crippen LogP contribution in [0.4, 0.5) is 0 Å². The molecule has 0 aromatic heterocycles.